The van der Waals surface area contributed by atoms with Gasteiger partial charge in [-0.1, -0.05) is 78.6 Å². The van der Waals surface area contributed by atoms with Gasteiger partial charge in [-0.3, -0.25) is 0 Å². The molecule has 0 heterocycles. The predicted molar refractivity (Wildman–Crippen MR) is 90.3 cm³/mol. The van der Waals surface area contributed by atoms with Crippen molar-refractivity contribution in [3.05, 3.63) is 0 Å². The molecule has 0 atom stereocenters. The molecule has 0 saturated carbocycles. The molecule has 0 aliphatic rings. The monoisotopic (exact) mass is 314 g/mol. The SMILES string of the molecule is CCSSCC.CSSC.CSSC.[He]. The molecule has 0 aliphatic carbocycles. The Morgan fingerprint density at radius 1 is 0.600 bits per heavy atom. The second kappa shape index (κ2) is 36.0. The number of hydrogen-bond donors (Lipinski definition) is 0. The van der Waals surface area contributed by atoms with E-state index in [0.717, 1.165) is 0 Å². The maximum atomic E-state index is 2.17. The van der Waals surface area contributed by atoms with E-state index < -0.39 is 0 Å². The molecule has 7 heteroatoms. The Balaban J connectivity index is -0.0000000606. The second-order valence-electron chi connectivity index (χ2n) is 1.48. The van der Waals surface area contributed by atoms with Gasteiger partial charge in [0.1, 0.15) is 0 Å². The molecule has 0 spiro atoms. The normalized spacial score (nSPS) is 7.60. The van der Waals surface area contributed by atoms with E-state index in [2.05, 4.69) is 38.9 Å². The van der Waals surface area contributed by atoms with Gasteiger partial charge in [-0.25, -0.2) is 0 Å². The van der Waals surface area contributed by atoms with Crippen molar-refractivity contribution in [2.45, 2.75) is 13.8 Å². The minimum Gasteiger partial charge on any atom is -0.0979 e. The third-order valence-electron chi connectivity index (χ3n) is 0.652. The van der Waals surface area contributed by atoms with Crippen LogP contribution in [0.3, 0.4) is 0 Å². The zero-order valence-electron chi connectivity index (χ0n) is 10.6. The molecule has 0 bridgehead atoms. The van der Waals surface area contributed by atoms with Gasteiger partial charge in [-0.15, -0.1) is 0 Å². The Hall–Kier alpha value is 2.01. The fourth-order valence-electron chi connectivity index (χ4n) is 0.167. The van der Waals surface area contributed by atoms with Gasteiger partial charge in [-0.2, -0.15) is 0 Å². The van der Waals surface area contributed by atoms with Crippen molar-refractivity contribution >= 4 is 64.8 Å². The molecule has 0 aromatic carbocycles. The summed E-state index contributed by atoms with van der Waals surface area (Å²) in [7, 11) is 10.9. The fraction of sp³-hybridized carbons (Fsp3) is 1.00. The summed E-state index contributed by atoms with van der Waals surface area (Å²) < 4.78 is 0. The summed E-state index contributed by atoms with van der Waals surface area (Å²) >= 11 is 0. The van der Waals surface area contributed by atoms with Crippen LogP contribution in [-0.2, 0) is 0 Å². The van der Waals surface area contributed by atoms with Crippen LogP contribution in [0.5, 0.6) is 0 Å². The first kappa shape index (κ1) is 25.8. The van der Waals surface area contributed by atoms with Crippen molar-refractivity contribution in [3.63, 3.8) is 0 Å². The first-order valence-electron chi connectivity index (χ1n) is 4.12. The Morgan fingerprint density at radius 3 is 0.867 bits per heavy atom. The summed E-state index contributed by atoms with van der Waals surface area (Å²) in [4.78, 5) is 0. The zero-order chi connectivity index (χ0) is 11.7. The van der Waals surface area contributed by atoms with Gasteiger partial charge >= 0.3 is 0 Å². The number of hydrogen-bond acceptors (Lipinski definition) is 6. The predicted octanol–water partition coefficient (Wildman–Crippen LogP) is 5.66. The molecule has 15 heavy (non-hydrogen) atoms. The molecular weight excluding hydrogens is 292 g/mol. The summed E-state index contributed by atoms with van der Waals surface area (Å²) in [6.07, 6.45) is 8.24. The van der Waals surface area contributed by atoms with Crippen LogP contribution in [-0.4, -0.2) is 36.5 Å². The van der Waals surface area contributed by atoms with Crippen LogP contribution in [0.1, 0.15) is 13.8 Å². The summed E-state index contributed by atoms with van der Waals surface area (Å²) in [5.74, 6) is 2.47. The Labute approximate surface area is 120 Å². The first-order valence-corrected chi connectivity index (χ1v) is 12.5. The summed E-state index contributed by atoms with van der Waals surface area (Å²) in [6.45, 7) is 4.35. The molecule has 0 amide bonds. The van der Waals surface area contributed by atoms with Crippen molar-refractivity contribution in [2.75, 3.05) is 36.5 Å². The van der Waals surface area contributed by atoms with Gasteiger partial charge in [-0.05, 0) is 25.0 Å². The molecule has 0 radical (unpaired) electrons. The molecule has 0 aromatic rings. The van der Waals surface area contributed by atoms with E-state index in [-0.39, 0.29) is 6.15 Å². The first-order chi connectivity index (χ1) is 6.74. The molecule has 0 fully saturated rings. The van der Waals surface area contributed by atoms with Crippen molar-refractivity contribution < 1.29 is 6.15 Å². The molecule has 0 aromatic heterocycles. The van der Waals surface area contributed by atoms with Crippen LogP contribution in [0.25, 0.3) is 0 Å². The molecule has 0 aliphatic heterocycles. The summed E-state index contributed by atoms with van der Waals surface area (Å²) in [5.41, 5.74) is 0. The average molecular weight is 315 g/mol. The number of rotatable bonds is 5. The molecule has 0 N–H and O–H groups in total. The molecule has 0 nitrogen and oxygen atoms in total. The van der Waals surface area contributed by atoms with E-state index in [9.17, 15) is 0 Å². The van der Waals surface area contributed by atoms with Crippen LogP contribution in [0.2, 0.25) is 0 Å². The molecule has 0 unspecified atom stereocenters. The molecule has 0 saturated heterocycles. The minimum absolute atomic E-state index is 0. The van der Waals surface area contributed by atoms with E-state index in [0.29, 0.717) is 0 Å². The van der Waals surface area contributed by atoms with Gasteiger partial charge in [0.2, 0.25) is 0 Å². The van der Waals surface area contributed by atoms with Crippen molar-refractivity contribution in [1.82, 2.24) is 0 Å². The van der Waals surface area contributed by atoms with Crippen molar-refractivity contribution in [1.29, 1.82) is 0 Å². The third-order valence-corrected chi connectivity index (χ3v) is 5.87. The van der Waals surface area contributed by atoms with Gasteiger partial charge < -0.3 is 0 Å². The van der Waals surface area contributed by atoms with Gasteiger partial charge in [0.05, 0.1) is 0 Å². The Morgan fingerprint density at radius 2 is 0.800 bits per heavy atom. The molecule has 0 rings (SSSR count). The largest absolute Gasteiger partial charge is 0.0979 e. The Bertz CT molecular complexity index is 55.1. The molecule has 92 valence electrons. The maximum Gasteiger partial charge on any atom is 0.000844 e. The van der Waals surface area contributed by atoms with E-state index in [4.69, 9.17) is 0 Å². The van der Waals surface area contributed by atoms with Gasteiger partial charge in [0.25, 0.3) is 0 Å². The van der Waals surface area contributed by atoms with Crippen LogP contribution in [0.4, 0.5) is 0 Å². The van der Waals surface area contributed by atoms with Crippen molar-refractivity contribution in [2.24, 2.45) is 0 Å². The van der Waals surface area contributed by atoms with E-state index in [1.54, 1.807) is 43.2 Å². The van der Waals surface area contributed by atoms with Gasteiger partial charge in [0, 0.05) is 17.7 Å². The van der Waals surface area contributed by atoms with E-state index in [1.807, 2.05) is 21.6 Å². The van der Waals surface area contributed by atoms with Crippen LogP contribution in [0.15, 0.2) is 0 Å². The minimum atomic E-state index is 0. The van der Waals surface area contributed by atoms with Crippen LogP contribution in [0, 0.1) is 6.15 Å². The third kappa shape index (κ3) is 64.0. The topological polar surface area (TPSA) is 0 Å². The summed E-state index contributed by atoms with van der Waals surface area (Å²) in [5, 5.41) is 0. The standard InChI is InChI=1S/C4H10S2.2C2H6S2.He/c1-3-5-6-4-2;2*1-3-4-2;/h3-4H2,1-2H3;2*1-2H3;. The fourth-order valence-corrected chi connectivity index (χ4v) is 1.50. The maximum absolute atomic E-state index is 2.17. The zero-order valence-corrected chi connectivity index (χ0v) is 15.5. The van der Waals surface area contributed by atoms with Crippen LogP contribution >= 0.6 is 64.8 Å². The average Bonchev–Trinajstić information content (AvgIpc) is 2.27. The quantitative estimate of drug-likeness (QED) is 0.471. The molecular formula is C8H22HeS6. The van der Waals surface area contributed by atoms with E-state index >= 15 is 0 Å². The van der Waals surface area contributed by atoms with Crippen molar-refractivity contribution in [3.8, 4) is 0 Å². The van der Waals surface area contributed by atoms with Crippen LogP contribution < -0.4 is 0 Å². The smallest absolute Gasteiger partial charge is 0.000844 e. The summed E-state index contributed by atoms with van der Waals surface area (Å²) in [6, 6.07) is 0. The second-order valence-corrected chi connectivity index (χ2v) is 9.85. The Kier molecular flexibility index (Phi) is 61.8. The van der Waals surface area contributed by atoms with E-state index in [1.165, 1.54) is 11.5 Å². The van der Waals surface area contributed by atoms with Gasteiger partial charge in [0.15, 0.2) is 0 Å².